The number of carbonyl (C=O) groups is 3. The van der Waals surface area contributed by atoms with Crippen molar-refractivity contribution in [3.05, 3.63) is 33.4 Å². The fourth-order valence-electron chi connectivity index (χ4n) is 2.62. The summed E-state index contributed by atoms with van der Waals surface area (Å²) in [5, 5.41) is -0.0468. The van der Waals surface area contributed by atoms with E-state index in [0.29, 0.717) is 17.7 Å². The smallest absolute Gasteiger partial charge is 0.358 e. The van der Waals surface area contributed by atoms with Gasteiger partial charge in [-0.1, -0.05) is 6.08 Å². The summed E-state index contributed by atoms with van der Waals surface area (Å²) in [7, 11) is 0. The lowest BCUT2D eigenvalue weighted by Crippen LogP contribution is -2.54. The summed E-state index contributed by atoms with van der Waals surface area (Å²) in [6, 6.07) is 0. The molecule has 9 heteroatoms. The molecule has 1 saturated heterocycles. The second-order valence-electron chi connectivity index (χ2n) is 7.47. The highest BCUT2D eigenvalue weighted by Gasteiger charge is 2.45. The van der Waals surface area contributed by atoms with Gasteiger partial charge in [-0.15, -0.1) is 23.1 Å². The van der Waals surface area contributed by atoms with Gasteiger partial charge in [-0.3, -0.25) is 14.5 Å². The molecule has 7 nitrogen and oxygen atoms in total. The van der Waals surface area contributed by atoms with Gasteiger partial charge in [0, 0.05) is 10.6 Å². The quantitative estimate of drug-likeness (QED) is 0.409. The summed E-state index contributed by atoms with van der Waals surface area (Å²) >= 11 is 3.11. The molecule has 1 fully saturated rings. The summed E-state index contributed by atoms with van der Waals surface area (Å²) < 4.78 is 10.2. The number of nitrogens with zero attached hydrogens (tertiary/aromatic N) is 2. The highest BCUT2D eigenvalue weighted by atomic mass is 32.2. The molecule has 0 unspecified atom stereocenters. The molecular weight excluding hydrogens is 400 g/mol. The van der Waals surface area contributed by atoms with Crippen molar-refractivity contribution in [3.8, 4) is 0 Å². The number of fused-ring (bicyclic) bond motifs is 1. The number of allylic oxidation sites excluding steroid dienone is 1. The van der Waals surface area contributed by atoms with E-state index in [1.165, 1.54) is 16.2 Å². The Morgan fingerprint density at radius 1 is 1.32 bits per heavy atom. The van der Waals surface area contributed by atoms with Crippen LogP contribution in [-0.4, -0.2) is 45.6 Å². The van der Waals surface area contributed by atoms with Crippen LogP contribution in [0.25, 0.3) is 6.08 Å². The summed E-state index contributed by atoms with van der Waals surface area (Å²) in [6.45, 7) is 6.57. The number of thioether (sulfide) groups is 1. The fourth-order valence-corrected chi connectivity index (χ4v) is 4.56. The van der Waals surface area contributed by atoms with Crippen LogP contribution in [0.4, 0.5) is 0 Å². The van der Waals surface area contributed by atoms with Crippen LogP contribution in [0, 0.1) is 12.3 Å². The van der Waals surface area contributed by atoms with Crippen LogP contribution in [0.2, 0.25) is 0 Å². The molecule has 1 atom stereocenters. The maximum absolute atomic E-state index is 12.7. The number of hydrogen-bond acceptors (Lipinski definition) is 8. The zero-order valence-electron chi connectivity index (χ0n) is 16.2. The third-order valence-corrected chi connectivity index (χ3v) is 6.42. The summed E-state index contributed by atoms with van der Waals surface area (Å²) in [6.07, 6.45) is 4.12. The molecule has 0 aliphatic carbocycles. The molecule has 0 radical (unpaired) electrons. The van der Waals surface area contributed by atoms with Gasteiger partial charge in [0.2, 0.25) is 12.7 Å². The van der Waals surface area contributed by atoms with Crippen molar-refractivity contribution in [3.63, 3.8) is 0 Å². The zero-order valence-corrected chi connectivity index (χ0v) is 17.8. The fraction of sp³-hybridized carbons (Fsp3) is 0.474. The number of aryl methyl sites for hydroxylation is 1. The van der Waals surface area contributed by atoms with Crippen LogP contribution in [0.1, 0.15) is 37.8 Å². The van der Waals surface area contributed by atoms with Gasteiger partial charge in [-0.25, -0.2) is 9.78 Å². The Bertz CT molecular complexity index is 866. The average molecular weight is 423 g/mol. The van der Waals surface area contributed by atoms with Crippen LogP contribution in [0.3, 0.4) is 0 Å². The van der Waals surface area contributed by atoms with Gasteiger partial charge in [0.25, 0.3) is 0 Å². The predicted octanol–water partition coefficient (Wildman–Crippen LogP) is 3.11. The lowest BCUT2D eigenvalue weighted by atomic mass is 9.98. The highest BCUT2D eigenvalue weighted by molar-refractivity contribution is 8.00. The number of β-lactam (4-membered cyclic amide) rings is 1. The van der Waals surface area contributed by atoms with E-state index in [4.69, 9.17) is 9.47 Å². The number of carbonyl (C=O) groups excluding carboxylic acids is 3. The van der Waals surface area contributed by atoms with E-state index in [2.05, 4.69) is 4.98 Å². The maximum atomic E-state index is 12.7. The van der Waals surface area contributed by atoms with Crippen molar-refractivity contribution in [2.45, 2.75) is 39.5 Å². The minimum Gasteiger partial charge on any atom is -0.427 e. The van der Waals surface area contributed by atoms with Crippen molar-refractivity contribution in [2.75, 3.05) is 12.5 Å². The molecule has 0 aromatic carbocycles. The Hall–Kier alpha value is -2.13. The zero-order chi connectivity index (χ0) is 20.5. The molecule has 1 aromatic rings. The molecule has 0 saturated carbocycles. The van der Waals surface area contributed by atoms with E-state index < -0.39 is 24.1 Å². The van der Waals surface area contributed by atoms with Crippen LogP contribution in [0.5, 0.6) is 0 Å². The van der Waals surface area contributed by atoms with Crippen molar-refractivity contribution in [1.82, 2.24) is 9.88 Å². The monoisotopic (exact) mass is 422 g/mol. The first kappa shape index (κ1) is 20.6. The van der Waals surface area contributed by atoms with Crippen molar-refractivity contribution in [1.29, 1.82) is 0 Å². The van der Waals surface area contributed by atoms with E-state index in [-0.39, 0.29) is 17.0 Å². The molecule has 0 bridgehead atoms. The standard InChI is InChI=1S/C19H22N2O5S2/c1-11-13(28-9-20-11)6-5-12-8-27-15-7-14(22)21(15)16(12)17(23)25-10-26-18(24)19(2,3)4/h5-6,9,15H,7-8,10H2,1-4H3/t15-/m1/s1. The van der Waals surface area contributed by atoms with Gasteiger partial charge in [0.15, 0.2) is 0 Å². The minimum absolute atomic E-state index is 0.0468. The Balaban J connectivity index is 1.77. The van der Waals surface area contributed by atoms with E-state index in [1.54, 1.807) is 38.0 Å². The van der Waals surface area contributed by atoms with Crippen LogP contribution in [0.15, 0.2) is 22.9 Å². The van der Waals surface area contributed by atoms with Gasteiger partial charge in [-0.2, -0.15) is 0 Å². The molecule has 3 rings (SSSR count). The molecule has 0 spiro atoms. The first-order chi connectivity index (χ1) is 13.2. The number of ether oxygens (including phenoxy) is 2. The first-order valence-electron chi connectivity index (χ1n) is 8.78. The molecule has 0 N–H and O–H groups in total. The number of aromatic nitrogens is 1. The van der Waals surface area contributed by atoms with E-state index in [9.17, 15) is 14.4 Å². The third kappa shape index (κ3) is 4.30. The summed E-state index contributed by atoms with van der Waals surface area (Å²) in [5.41, 5.74) is 2.90. The van der Waals surface area contributed by atoms with Gasteiger partial charge in [-0.05, 0) is 39.3 Å². The molecule has 150 valence electrons. The maximum Gasteiger partial charge on any atom is 0.358 e. The number of rotatable bonds is 5. The molecular formula is C19H22N2O5S2. The van der Waals surface area contributed by atoms with Crippen LogP contribution in [-0.2, 0) is 23.9 Å². The van der Waals surface area contributed by atoms with Gasteiger partial charge >= 0.3 is 11.9 Å². The van der Waals surface area contributed by atoms with E-state index >= 15 is 0 Å². The topological polar surface area (TPSA) is 85.8 Å². The number of amides is 1. The van der Waals surface area contributed by atoms with Gasteiger partial charge < -0.3 is 9.47 Å². The Morgan fingerprint density at radius 2 is 2.07 bits per heavy atom. The Morgan fingerprint density at radius 3 is 2.68 bits per heavy atom. The predicted molar refractivity (Wildman–Crippen MR) is 107 cm³/mol. The Kier molecular flexibility index (Phi) is 5.95. The first-order valence-corrected chi connectivity index (χ1v) is 10.7. The molecule has 1 amide bonds. The minimum atomic E-state index is -0.688. The second-order valence-corrected chi connectivity index (χ2v) is 9.53. The number of thiazole rings is 1. The average Bonchev–Trinajstić information content (AvgIpc) is 3.03. The van der Waals surface area contributed by atoms with Gasteiger partial charge in [0.05, 0.1) is 28.4 Å². The van der Waals surface area contributed by atoms with Crippen molar-refractivity contribution < 1.29 is 23.9 Å². The normalized spacial score (nSPS) is 19.5. The lowest BCUT2D eigenvalue weighted by Gasteiger charge is -2.44. The summed E-state index contributed by atoms with van der Waals surface area (Å²) in [4.78, 5) is 43.3. The van der Waals surface area contributed by atoms with Crippen molar-refractivity contribution >= 4 is 47.0 Å². The SMILES string of the molecule is Cc1ncsc1C=CC1=C(C(=O)OCOC(=O)C(C)(C)C)N2C(=O)C[C@H]2SC1. The molecule has 3 heterocycles. The third-order valence-electron chi connectivity index (χ3n) is 4.29. The largest absolute Gasteiger partial charge is 0.427 e. The molecule has 2 aliphatic rings. The number of hydrogen-bond donors (Lipinski definition) is 0. The van der Waals surface area contributed by atoms with Crippen LogP contribution >= 0.6 is 23.1 Å². The van der Waals surface area contributed by atoms with Crippen LogP contribution < -0.4 is 0 Å². The molecule has 28 heavy (non-hydrogen) atoms. The highest BCUT2D eigenvalue weighted by Crippen LogP contribution is 2.40. The van der Waals surface area contributed by atoms with Crippen molar-refractivity contribution in [2.24, 2.45) is 5.41 Å². The Labute approximate surface area is 171 Å². The second kappa shape index (κ2) is 8.08. The van der Waals surface area contributed by atoms with Gasteiger partial charge in [0.1, 0.15) is 5.70 Å². The van der Waals surface area contributed by atoms with E-state index in [1.807, 2.05) is 19.1 Å². The molecule has 2 aliphatic heterocycles. The molecule has 1 aromatic heterocycles. The lowest BCUT2D eigenvalue weighted by molar-refractivity contribution is -0.173. The number of esters is 2. The van der Waals surface area contributed by atoms with E-state index in [0.717, 1.165) is 10.6 Å². The summed E-state index contributed by atoms with van der Waals surface area (Å²) in [5.74, 6) is -0.654.